The van der Waals surface area contributed by atoms with Crippen LogP contribution in [0.3, 0.4) is 0 Å². The lowest BCUT2D eigenvalue weighted by Crippen LogP contribution is -2.12. The predicted molar refractivity (Wildman–Crippen MR) is 127 cm³/mol. The summed E-state index contributed by atoms with van der Waals surface area (Å²) in [6.07, 6.45) is 0. The molecule has 4 aromatic carbocycles. The van der Waals surface area contributed by atoms with Crippen LogP contribution in [0.4, 0.5) is 17.1 Å². The van der Waals surface area contributed by atoms with Crippen LogP contribution in [0.2, 0.25) is 0 Å². The minimum Gasteiger partial charge on any atom is -0.508 e. The van der Waals surface area contributed by atoms with Gasteiger partial charge in [-0.25, -0.2) is 0 Å². The summed E-state index contributed by atoms with van der Waals surface area (Å²) in [7, 11) is 0. The molecule has 162 valence electrons. The van der Waals surface area contributed by atoms with Crippen molar-refractivity contribution in [2.45, 2.75) is 20.8 Å². The third-order valence-electron chi connectivity index (χ3n) is 5.38. The van der Waals surface area contributed by atoms with Crippen molar-refractivity contribution in [1.82, 2.24) is 0 Å². The maximum atomic E-state index is 10.1. The zero-order valence-corrected chi connectivity index (χ0v) is 18.2. The van der Waals surface area contributed by atoms with E-state index in [9.17, 15) is 15.3 Å². The molecule has 32 heavy (non-hydrogen) atoms. The number of rotatable bonds is 5. The van der Waals surface area contributed by atoms with Crippen LogP contribution < -0.4 is 9.64 Å². The molecule has 0 amide bonds. The second-order valence-electron chi connectivity index (χ2n) is 7.82. The number of hydrogen-bond donors (Lipinski definition) is 3. The second-order valence-corrected chi connectivity index (χ2v) is 7.82. The molecule has 0 aliphatic heterocycles. The van der Waals surface area contributed by atoms with Crippen LogP contribution in [0.25, 0.3) is 0 Å². The third-order valence-corrected chi connectivity index (χ3v) is 5.38. The molecular formula is C27H25NO4. The fraction of sp³-hybridized carbons (Fsp3) is 0.111. The third kappa shape index (κ3) is 4.32. The topological polar surface area (TPSA) is 73.2 Å². The zero-order valence-electron chi connectivity index (χ0n) is 18.2. The van der Waals surface area contributed by atoms with Crippen molar-refractivity contribution in [2.24, 2.45) is 0 Å². The fourth-order valence-electron chi connectivity index (χ4n) is 3.54. The SMILES string of the molecule is Cc1ccc(Oc2ccc(N(c3cc(O)ccc3C)c3cc(O)ccc3C)cc2)cc1O. The molecule has 0 saturated heterocycles. The molecule has 0 bridgehead atoms. The Morgan fingerprint density at radius 1 is 0.562 bits per heavy atom. The molecule has 0 atom stereocenters. The molecule has 0 heterocycles. The Morgan fingerprint density at radius 3 is 1.59 bits per heavy atom. The summed E-state index contributed by atoms with van der Waals surface area (Å²) in [5, 5.41) is 30.2. The van der Waals surface area contributed by atoms with E-state index in [4.69, 9.17) is 4.74 Å². The van der Waals surface area contributed by atoms with Crippen LogP contribution in [0.5, 0.6) is 28.7 Å². The van der Waals surface area contributed by atoms with Gasteiger partial charge in [-0.2, -0.15) is 0 Å². The summed E-state index contributed by atoms with van der Waals surface area (Å²) >= 11 is 0. The summed E-state index contributed by atoms with van der Waals surface area (Å²) in [5.41, 5.74) is 5.17. The normalized spacial score (nSPS) is 10.7. The first-order valence-corrected chi connectivity index (χ1v) is 10.3. The van der Waals surface area contributed by atoms with Crippen LogP contribution in [0.15, 0.2) is 78.9 Å². The zero-order chi connectivity index (χ0) is 22.8. The number of nitrogens with zero attached hydrogens (tertiary/aromatic N) is 1. The second kappa shape index (κ2) is 8.55. The Labute approximate surface area is 187 Å². The van der Waals surface area contributed by atoms with Crippen molar-refractivity contribution < 1.29 is 20.1 Å². The van der Waals surface area contributed by atoms with Gasteiger partial charge in [0.05, 0.1) is 11.4 Å². The van der Waals surface area contributed by atoms with Gasteiger partial charge in [-0.3, -0.25) is 0 Å². The molecule has 0 fully saturated rings. The summed E-state index contributed by atoms with van der Waals surface area (Å²) in [6.45, 7) is 5.78. The van der Waals surface area contributed by atoms with Crippen LogP contribution in [-0.4, -0.2) is 15.3 Å². The van der Waals surface area contributed by atoms with E-state index in [0.29, 0.717) is 11.5 Å². The first-order chi connectivity index (χ1) is 15.3. The minimum absolute atomic E-state index is 0.160. The smallest absolute Gasteiger partial charge is 0.131 e. The number of anilines is 3. The lowest BCUT2D eigenvalue weighted by molar-refractivity contribution is 0.452. The molecule has 0 aliphatic rings. The van der Waals surface area contributed by atoms with Crippen LogP contribution >= 0.6 is 0 Å². The number of benzene rings is 4. The fourth-order valence-corrected chi connectivity index (χ4v) is 3.54. The van der Waals surface area contributed by atoms with Gasteiger partial charge in [-0.15, -0.1) is 0 Å². The summed E-state index contributed by atoms with van der Waals surface area (Å²) in [5.74, 6) is 1.67. The van der Waals surface area contributed by atoms with Crippen molar-refractivity contribution in [2.75, 3.05) is 4.90 Å². The van der Waals surface area contributed by atoms with Gasteiger partial charge in [0.25, 0.3) is 0 Å². The monoisotopic (exact) mass is 427 g/mol. The maximum Gasteiger partial charge on any atom is 0.131 e. The summed E-state index contributed by atoms with van der Waals surface area (Å²) in [4.78, 5) is 1.99. The summed E-state index contributed by atoms with van der Waals surface area (Å²) in [6, 6.07) is 23.1. The van der Waals surface area contributed by atoms with Gasteiger partial charge in [0.1, 0.15) is 28.7 Å². The Balaban J connectivity index is 1.75. The Morgan fingerprint density at radius 2 is 1.06 bits per heavy atom. The van der Waals surface area contributed by atoms with Crippen LogP contribution in [0.1, 0.15) is 16.7 Å². The first kappa shape index (κ1) is 21.1. The van der Waals surface area contributed by atoms with E-state index in [0.717, 1.165) is 33.8 Å². The highest BCUT2D eigenvalue weighted by Gasteiger charge is 2.18. The number of aromatic hydroxyl groups is 3. The Bertz CT molecular complexity index is 1210. The van der Waals surface area contributed by atoms with Crippen molar-refractivity contribution >= 4 is 17.1 Å². The molecule has 4 rings (SSSR count). The van der Waals surface area contributed by atoms with Gasteiger partial charge < -0.3 is 25.0 Å². The molecule has 0 saturated carbocycles. The molecule has 0 aromatic heterocycles. The molecule has 0 aliphatic carbocycles. The molecule has 0 unspecified atom stereocenters. The first-order valence-electron chi connectivity index (χ1n) is 10.3. The highest BCUT2D eigenvalue weighted by Crippen LogP contribution is 2.41. The molecule has 0 spiro atoms. The van der Waals surface area contributed by atoms with Crippen LogP contribution in [0, 0.1) is 20.8 Å². The molecule has 5 nitrogen and oxygen atoms in total. The average Bonchev–Trinajstić information content (AvgIpc) is 2.77. The maximum absolute atomic E-state index is 10.1. The lowest BCUT2D eigenvalue weighted by atomic mass is 10.1. The number of ether oxygens (including phenoxy) is 1. The number of phenols is 3. The van der Waals surface area contributed by atoms with E-state index in [-0.39, 0.29) is 17.2 Å². The molecule has 3 N–H and O–H groups in total. The van der Waals surface area contributed by atoms with Gasteiger partial charge in [-0.05, 0) is 79.9 Å². The largest absolute Gasteiger partial charge is 0.508 e. The van der Waals surface area contributed by atoms with E-state index in [1.165, 1.54) is 0 Å². The van der Waals surface area contributed by atoms with Crippen molar-refractivity contribution in [3.05, 3.63) is 95.6 Å². The van der Waals surface area contributed by atoms with E-state index in [1.807, 2.05) is 68.1 Å². The predicted octanol–water partition coefficient (Wildman–Crippen LogP) is 6.99. The van der Waals surface area contributed by atoms with Gasteiger partial charge in [0, 0.05) is 23.9 Å². The number of hydrogen-bond acceptors (Lipinski definition) is 5. The minimum atomic E-state index is 0.160. The van der Waals surface area contributed by atoms with Gasteiger partial charge >= 0.3 is 0 Å². The lowest BCUT2D eigenvalue weighted by Gasteiger charge is -2.28. The number of phenolic OH excluding ortho intramolecular Hbond substituents is 3. The summed E-state index contributed by atoms with van der Waals surface area (Å²) < 4.78 is 5.89. The van der Waals surface area contributed by atoms with E-state index in [2.05, 4.69) is 0 Å². The van der Waals surface area contributed by atoms with Gasteiger partial charge in [-0.1, -0.05) is 18.2 Å². The van der Waals surface area contributed by atoms with Crippen molar-refractivity contribution in [1.29, 1.82) is 0 Å². The van der Waals surface area contributed by atoms with Gasteiger partial charge in [0.15, 0.2) is 0 Å². The average molecular weight is 428 g/mol. The van der Waals surface area contributed by atoms with E-state index >= 15 is 0 Å². The quantitative estimate of drug-likeness (QED) is 0.320. The molecular weight excluding hydrogens is 402 g/mol. The van der Waals surface area contributed by atoms with Crippen LogP contribution in [-0.2, 0) is 0 Å². The van der Waals surface area contributed by atoms with Crippen molar-refractivity contribution in [3.8, 4) is 28.7 Å². The highest BCUT2D eigenvalue weighted by atomic mass is 16.5. The molecule has 5 heteroatoms. The standard InChI is InChI=1S/C27H25NO4/c1-17-4-9-21(29)14-25(17)28(26-15-22(30)10-5-18(26)2)20-7-12-23(13-8-20)32-24-11-6-19(3)27(31)16-24/h4-16,29-31H,1-3H3. The molecule has 4 aromatic rings. The van der Waals surface area contributed by atoms with Gasteiger partial charge in [0.2, 0.25) is 0 Å². The number of aryl methyl sites for hydroxylation is 3. The highest BCUT2D eigenvalue weighted by molar-refractivity contribution is 5.81. The Kier molecular flexibility index (Phi) is 5.65. The van der Waals surface area contributed by atoms with E-state index < -0.39 is 0 Å². The van der Waals surface area contributed by atoms with E-state index in [1.54, 1.807) is 36.4 Å². The molecule has 0 radical (unpaired) electrons. The van der Waals surface area contributed by atoms with Crippen molar-refractivity contribution in [3.63, 3.8) is 0 Å². The Hall–Kier alpha value is -4.12.